The summed E-state index contributed by atoms with van der Waals surface area (Å²) in [6.07, 6.45) is 2.80. The molecule has 100 valence electrons. The summed E-state index contributed by atoms with van der Waals surface area (Å²) in [7, 11) is 0. The summed E-state index contributed by atoms with van der Waals surface area (Å²) in [5, 5.41) is 9.83. The zero-order valence-electron chi connectivity index (χ0n) is 11.5. The van der Waals surface area contributed by atoms with Crippen molar-refractivity contribution in [2.75, 3.05) is 0 Å². The molecule has 0 aliphatic rings. The SMILES string of the molecule is CCCCc1cc(C(=O)Cl)cc(C(C)(C)C)c1O. The standard InChI is InChI=1S/C15H21ClO2/c1-5-6-7-10-8-11(14(16)18)9-12(13(10)17)15(2,3)4/h8-9,17H,5-7H2,1-4H3. The van der Waals surface area contributed by atoms with Crippen molar-refractivity contribution in [2.45, 2.75) is 52.4 Å². The Balaban J connectivity index is 3.33. The highest BCUT2D eigenvalue weighted by Gasteiger charge is 2.22. The van der Waals surface area contributed by atoms with Crippen LogP contribution in [0.3, 0.4) is 0 Å². The fourth-order valence-electron chi connectivity index (χ4n) is 1.94. The molecule has 0 unspecified atom stereocenters. The third-order valence-corrected chi connectivity index (χ3v) is 3.24. The smallest absolute Gasteiger partial charge is 0.252 e. The largest absolute Gasteiger partial charge is 0.507 e. The maximum absolute atomic E-state index is 11.3. The fourth-order valence-corrected chi connectivity index (χ4v) is 2.05. The van der Waals surface area contributed by atoms with Gasteiger partial charge in [-0.3, -0.25) is 4.79 Å². The highest BCUT2D eigenvalue weighted by Crippen LogP contribution is 2.35. The summed E-state index contributed by atoms with van der Waals surface area (Å²) in [5.74, 6) is 0.303. The number of unbranched alkanes of at least 4 members (excludes halogenated alkanes) is 1. The van der Waals surface area contributed by atoms with Gasteiger partial charge < -0.3 is 5.11 Å². The minimum atomic E-state index is -0.474. The van der Waals surface area contributed by atoms with Gasteiger partial charge in [-0.2, -0.15) is 0 Å². The summed E-state index contributed by atoms with van der Waals surface area (Å²) in [6, 6.07) is 3.40. The molecule has 18 heavy (non-hydrogen) atoms. The lowest BCUT2D eigenvalue weighted by Gasteiger charge is -2.23. The Hall–Kier alpha value is -1.02. The molecule has 3 heteroatoms. The molecule has 0 atom stereocenters. The van der Waals surface area contributed by atoms with Gasteiger partial charge in [-0.25, -0.2) is 0 Å². The molecule has 1 aromatic rings. The van der Waals surface area contributed by atoms with Gasteiger partial charge in [0.15, 0.2) is 0 Å². The van der Waals surface area contributed by atoms with E-state index in [1.807, 2.05) is 20.8 Å². The molecule has 1 rings (SSSR count). The van der Waals surface area contributed by atoms with Crippen LogP contribution in [0.1, 0.15) is 62.0 Å². The molecular formula is C15H21ClO2. The molecule has 0 aromatic heterocycles. The van der Waals surface area contributed by atoms with E-state index in [1.165, 1.54) is 0 Å². The molecule has 0 radical (unpaired) electrons. The second-order valence-corrected chi connectivity index (χ2v) is 6.00. The number of phenols is 1. The summed E-state index contributed by atoms with van der Waals surface area (Å²) >= 11 is 5.56. The number of rotatable bonds is 4. The molecule has 0 fully saturated rings. The van der Waals surface area contributed by atoms with Gasteiger partial charge >= 0.3 is 0 Å². The Morgan fingerprint density at radius 2 is 1.94 bits per heavy atom. The number of hydrogen-bond acceptors (Lipinski definition) is 2. The zero-order chi connectivity index (χ0) is 13.9. The van der Waals surface area contributed by atoms with Gasteiger partial charge in [-0.15, -0.1) is 0 Å². The van der Waals surface area contributed by atoms with Crippen molar-refractivity contribution in [3.05, 3.63) is 28.8 Å². The molecule has 0 amide bonds. The lowest BCUT2D eigenvalue weighted by molar-refractivity contribution is 0.108. The highest BCUT2D eigenvalue weighted by atomic mass is 35.5. The number of hydrogen-bond donors (Lipinski definition) is 1. The molecule has 0 bridgehead atoms. The second-order valence-electron chi connectivity index (χ2n) is 5.66. The van der Waals surface area contributed by atoms with Crippen LogP contribution in [-0.4, -0.2) is 10.3 Å². The van der Waals surface area contributed by atoms with Gasteiger partial charge in [0, 0.05) is 11.1 Å². The number of benzene rings is 1. The molecule has 0 saturated carbocycles. The Labute approximate surface area is 114 Å². The molecule has 0 spiro atoms. The van der Waals surface area contributed by atoms with E-state index in [9.17, 15) is 9.90 Å². The number of aryl methyl sites for hydroxylation is 1. The average Bonchev–Trinajstić information content (AvgIpc) is 2.25. The van der Waals surface area contributed by atoms with Crippen LogP contribution in [0.5, 0.6) is 5.75 Å². The third kappa shape index (κ3) is 3.49. The van der Waals surface area contributed by atoms with Crippen LogP contribution in [0.15, 0.2) is 12.1 Å². The summed E-state index contributed by atoms with van der Waals surface area (Å²) < 4.78 is 0. The Morgan fingerprint density at radius 3 is 2.39 bits per heavy atom. The van der Waals surface area contributed by atoms with Crippen molar-refractivity contribution in [2.24, 2.45) is 0 Å². The first kappa shape index (κ1) is 15.0. The van der Waals surface area contributed by atoms with E-state index in [2.05, 4.69) is 6.92 Å². The summed E-state index contributed by atoms with van der Waals surface area (Å²) in [4.78, 5) is 11.3. The number of carbonyl (C=O) groups is 1. The molecule has 2 nitrogen and oxygen atoms in total. The van der Waals surface area contributed by atoms with Crippen molar-refractivity contribution in [3.8, 4) is 5.75 Å². The van der Waals surface area contributed by atoms with E-state index in [0.29, 0.717) is 11.3 Å². The normalized spacial score (nSPS) is 11.6. The summed E-state index contributed by atoms with van der Waals surface area (Å²) in [5.41, 5.74) is 1.84. The maximum Gasteiger partial charge on any atom is 0.252 e. The van der Waals surface area contributed by atoms with Crippen LogP contribution in [0.4, 0.5) is 0 Å². The quantitative estimate of drug-likeness (QED) is 0.821. The lowest BCUT2D eigenvalue weighted by atomic mass is 9.83. The Morgan fingerprint density at radius 1 is 1.33 bits per heavy atom. The van der Waals surface area contributed by atoms with Crippen LogP contribution in [-0.2, 0) is 11.8 Å². The van der Waals surface area contributed by atoms with Crippen LogP contribution in [0, 0.1) is 0 Å². The van der Waals surface area contributed by atoms with Crippen LogP contribution in [0.25, 0.3) is 0 Å². The zero-order valence-corrected chi connectivity index (χ0v) is 12.3. The molecule has 1 N–H and O–H groups in total. The van der Waals surface area contributed by atoms with Crippen LogP contribution in [0.2, 0.25) is 0 Å². The molecule has 1 aromatic carbocycles. The van der Waals surface area contributed by atoms with Crippen LogP contribution < -0.4 is 0 Å². The summed E-state index contributed by atoms with van der Waals surface area (Å²) in [6.45, 7) is 8.12. The van der Waals surface area contributed by atoms with E-state index in [0.717, 1.165) is 30.4 Å². The van der Waals surface area contributed by atoms with Gasteiger partial charge in [-0.05, 0) is 47.6 Å². The van der Waals surface area contributed by atoms with Gasteiger partial charge in [0.25, 0.3) is 5.24 Å². The van der Waals surface area contributed by atoms with Crippen molar-refractivity contribution in [1.29, 1.82) is 0 Å². The van der Waals surface area contributed by atoms with Crippen molar-refractivity contribution in [1.82, 2.24) is 0 Å². The number of halogens is 1. The molecule has 0 saturated heterocycles. The maximum atomic E-state index is 11.3. The third-order valence-electron chi connectivity index (χ3n) is 3.02. The van der Waals surface area contributed by atoms with Gasteiger partial charge in [0.2, 0.25) is 0 Å². The molecular weight excluding hydrogens is 248 g/mol. The minimum absolute atomic E-state index is 0.215. The lowest BCUT2D eigenvalue weighted by Crippen LogP contribution is -2.13. The second kappa shape index (κ2) is 5.75. The van der Waals surface area contributed by atoms with E-state index >= 15 is 0 Å². The molecule has 0 aliphatic carbocycles. The number of phenolic OH excluding ortho intramolecular Hbond substituents is 1. The predicted molar refractivity (Wildman–Crippen MR) is 75.6 cm³/mol. The van der Waals surface area contributed by atoms with E-state index in [-0.39, 0.29) is 5.41 Å². The first-order chi connectivity index (χ1) is 8.27. The van der Waals surface area contributed by atoms with Gasteiger partial charge in [0.05, 0.1) is 0 Å². The minimum Gasteiger partial charge on any atom is -0.507 e. The topological polar surface area (TPSA) is 37.3 Å². The Bertz CT molecular complexity index is 445. The highest BCUT2D eigenvalue weighted by molar-refractivity contribution is 6.67. The number of carbonyl (C=O) groups excluding carboxylic acids is 1. The molecule has 0 heterocycles. The molecule has 0 aliphatic heterocycles. The first-order valence-corrected chi connectivity index (χ1v) is 6.71. The monoisotopic (exact) mass is 268 g/mol. The van der Waals surface area contributed by atoms with E-state index in [1.54, 1.807) is 12.1 Å². The van der Waals surface area contributed by atoms with Crippen molar-refractivity contribution < 1.29 is 9.90 Å². The first-order valence-electron chi connectivity index (χ1n) is 6.33. The van der Waals surface area contributed by atoms with Gasteiger partial charge in [0.1, 0.15) is 5.75 Å². The Kier molecular flexibility index (Phi) is 4.80. The van der Waals surface area contributed by atoms with Crippen LogP contribution >= 0.6 is 11.6 Å². The predicted octanol–water partition coefficient (Wildman–Crippen LogP) is 4.41. The van der Waals surface area contributed by atoms with E-state index in [4.69, 9.17) is 11.6 Å². The fraction of sp³-hybridized carbons (Fsp3) is 0.533. The van der Waals surface area contributed by atoms with Gasteiger partial charge in [-0.1, -0.05) is 34.1 Å². The number of aromatic hydroxyl groups is 1. The average molecular weight is 269 g/mol. The van der Waals surface area contributed by atoms with Crippen molar-refractivity contribution in [3.63, 3.8) is 0 Å². The van der Waals surface area contributed by atoms with E-state index < -0.39 is 5.24 Å². The van der Waals surface area contributed by atoms with Crippen molar-refractivity contribution >= 4 is 16.8 Å².